The van der Waals surface area contributed by atoms with Crippen molar-refractivity contribution in [1.29, 1.82) is 0 Å². The zero-order chi connectivity index (χ0) is 25.8. The largest absolute Gasteiger partial charge is 0.489 e. The minimum atomic E-state index is -0.292. The average molecular weight is 530 g/mol. The molecular weight excluding hydrogens is 505 g/mol. The normalized spacial score (nSPS) is 14.5. The van der Waals surface area contributed by atoms with Gasteiger partial charge in [-0.15, -0.1) is 0 Å². The number of ether oxygens (including phenoxy) is 1. The van der Waals surface area contributed by atoms with Crippen LogP contribution in [0.25, 0.3) is 23.0 Å². The molecule has 1 saturated heterocycles. The van der Waals surface area contributed by atoms with Crippen molar-refractivity contribution < 1.29 is 13.9 Å². The lowest BCUT2D eigenvalue weighted by molar-refractivity contribution is -0.122. The monoisotopic (exact) mass is 529 g/mol. The van der Waals surface area contributed by atoms with Crippen LogP contribution in [-0.2, 0) is 11.4 Å². The molecule has 0 atom stereocenters. The quantitative estimate of drug-likeness (QED) is 0.184. The third-order valence-electron chi connectivity index (χ3n) is 5.85. The van der Waals surface area contributed by atoms with E-state index in [4.69, 9.17) is 22.1 Å². The fraction of sp³-hybridized carbons (Fsp3) is 0.138. The lowest BCUT2D eigenvalue weighted by atomic mass is 10.1. The van der Waals surface area contributed by atoms with Gasteiger partial charge in [0.25, 0.3) is 5.91 Å². The number of benzene rings is 3. The highest BCUT2D eigenvalue weighted by Crippen LogP contribution is 2.35. The Morgan fingerprint density at radius 1 is 1.03 bits per heavy atom. The molecule has 0 radical (unpaired) electrons. The molecular formula is C29H24FN3O2S2. The second kappa shape index (κ2) is 11.1. The van der Waals surface area contributed by atoms with Crippen molar-refractivity contribution in [2.24, 2.45) is 0 Å². The number of nitrogens with zero attached hydrogens (tertiary/aromatic N) is 3. The van der Waals surface area contributed by atoms with Gasteiger partial charge in [0, 0.05) is 29.4 Å². The first-order valence-electron chi connectivity index (χ1n) is 11.9. The van der Waals surface area contributed by atoms with E-state index < -0.39 is 0 Å². The van der Waals surface area contributed by atoms with Crippen molar-refractivity contribution in [2.45, 2.75) is 20.0 Å². The van der Waals surface area contributed by atoms with Crippen LogP contribution in [0.4, 0.5) is 4.39 Å². The zero-order valence-corrected chi connectivity index (χ0v) is 21.8. The van der Waals surface area contributed by atoms with E-state index in [9.17, 15) is 9.18 Å². The number of rotatable bonds is 8. The summed E-state index contributed by atoms with van der Waals surface area (Å²) in [5.41, 5.74) is 3.80. The molecule has 1 aliphatic heterocycles. The first-order valence-corrected chi connectivity index (χ1v) is 13.1. The van der Waals surface area contributed by atoms with Crippen LogP contribution in [0.1, 0.15) is 24.5 Å². The molecule has 0 N–H and O–H groups in total. The van der Waals surface area contributed by atoms with Crippen molar-refractivity contribution >= 4 is 40.3 Å². The molecule has 0 spiro atoms. The van der Waals surface area contributed by atoms with Crippen LogP contribution in [0.3, 0.4) is 0 Å². The smallest absolute Gasteiger partial charge is 0.266 e. The third kappa shape index (κ3) is 5.50. The lowest BCUT2D eigenvalue weighted by Crippen LogP contribution is -2.28. The Labute approximate surface area is 224 Å². The maximum absolute atomic E-state index is 13.9. The molecule has 3 aromatic carbocycles. The highest BCUT2D eigenvalue weighted by Gasteiger charge is 2.31. The van der Waals surface area contributed by atoms with Gasteiger partial charge < -0.3 is 4.74 Å². The van der Waals surface area contributed by atoms with Gasteiger partial charge >= 0.3 is 0 Å². The van der Waals surface area contributed by atoms with Crippen molar-refractivity contribution in [3.8, 4) is 22.7 Å². The van der Waals surface area contributed by atoms with Crippen molar-refractivity contribution in [1.82, 2.24) is 14.7 Å². The summed E-state index contributed by atoms with van der Waals surface area (Å²) < 4.78 is 22.1. The van der Waals surface area contributed by atoms with E-state index in [1.165, 1.54) is 17.8 Å². The molecule has 1 amide bonds. The first kappa shape index (κ1) is 24.9. The zero-order valence-electron chi connectivity index (χ0n) is 20.1. The van der Waals surface area contributed by atoms with Crippen LogP contribution in [0.2, 0.25) is 0 Å². The van der Waals surface area contributed by atoms with Crippen LogP contribution < -0.4 is 4.74 Å². The number of halogens is 1. The first-order chi connectivity index (χ1) is 18.0. The van der Waals surface area contributed by atoms with E-state index in [1.54, 1.807) is 27.8 Å². The second-order valence-corrected chi connectivity index (χ2v) is 10.1. The molecule has 1 aliphatic rings. The van der Waals surface area contributed by atoms with Gasteiger partial charge in [-0.1, -0.05) is 67.3 Å². The molecule has 2 heterocycles. The van der Waals surface area contributed by atoms with E-state index in [0.717, 1.165) is 28.9 Å². The topological polar surface area (TPSA) is 47.4 Å². The van der Waals surface area contributed by atoms with Gasteiger partial charge in [-0.2, -0.15) is 5.10 Å². The van der Waals surface area contributed by atoms with E-state index in [1.807, 2.05) is 73.8 Å². The maximum atomic E-state index is 13.9. The minimum Gasteiger partial charge on any atom is -0.489 e. The molecule has 8 heteroatoms. The molecule has 0 bridgehead atoms. The van der Waals surface area contributed by atoms with Gasteiger partial charge in [0.15, 0.2) is 0 Å². The number of carbonyl (C=O) groups excluding carboxylic acids is 1. The van der Waals surface area contributed by atoms with Gasteiger partial charge in [0.1, 0.15) is 22.5 Å². The standard InChI is InChI=1S/C29H24FN3O2S2/c1-2-16-32-28(34)26(37-29(32)36)17-22-18-33(23-9-4-3-5-10-23)31-27(22)20-12-14-24(15-13-20)35-19-21-8-6-7-11-25(21)30/h3-15,17-18H,2,16,19H2,1H3/b26-17-. The number of carbonyl (C=O) groups is 1. The van der Waals surface area contributed by atoms with Gasteiger partial charge in [-0.3, -0.25) is 9.69 Å². The number of thioether (sulfide) groups is 1. The highest BCUT2D eigenvalue weighted by atomic mass is 32.2. The van der Waals surface area contributed by atoms with Crippen LogP contribution in [0, 0.1) is 5.82 Å². The number of thiocarbonyl (C=S) groups is 1. The number of amides is 1. The van der Waals surface area contributed by atoms with Gasteiger partial charge in [-0.05, 0) is 55.0 Å². The minimum absolute atomic E-state index is 0.0767. The molecule has 37 heavy (non-hydrogen) atoms. The molecule has 0 aliphatic carbocycles. The molecule has 0 unspecified atom stereocenters. The van der Waals surface area contributed by atoms with E-state index in [-0.39, 0.29) is 18.3 Å². The molecule has 0 saturated carbocycles. The maximum Gasteiger partial charge on any atom is 0.266 e. The van der Waals surface area contributed by atoms with Gasteiger partial charge in [0.2, 0.25) is 0 Å². The SMILES string of the molecule is CCCN1C(=O)/C(=C/c2cn(-c3ccccc3)nc2-c2ccc(OCc3ccccc3F)cc2)SC1=S. The number of hydrogen-bond acceptors (Lipinski definition) is 5. The number of para-hydroxylation sites is 1. The fourth-order valence-corrected chi connectivity index (χ4v) is 5.27. The lowest BCUT2D eigenvalue weighted by Gasteiger charge is -2.11. The Hall–Kier alpha value is -3.75. The predicted octanol–water partition coefficient (Wildman–Crippen LogP) is 6.87. The van der Waals surface area contributed by atoms with Crippen LogP contribution in [0.5, 0.6) is 5.75 Å². The summed E-state index contributed by atoms with van der Waals surface area (Å²) in [6, 6.07) is 23.9. The summed E-state index contributed by atoms with van der Waals surface area (Å²) in [7, 11) is 0. The Kier molecular flexibility index (Phi) is 7.48. The molecule has 1 fully saturated rings. The number of hydrogen-bond donors (Lipinski definition) is 0. The van der Waals surface area contributed by atoms with E-state index in [2.05, 4.69) is 0 Å². The highest BCUT2D eigenvalue weighted by molar-refractivity contribution is 8.26. The van der Waals surface area contributed by atoms with E-state index in [0.29, 0.717) is 27.1 Å². The summed E-state index contributed by atoms with van der Waals surface area (Å²) in [6.45, 7) is 2.76. The Morgan fingerprint density at radius 2 is 1.76 bits per heavy atom. The number of aromatic nitrogens is 2. The van der Waals surface area contributed by atoms with Crippen LogP contribution >= 0.6 is 24.0 Å². The van der Waals surface area contributed by atoms with Gasteiger partial charge in [0.05, 0.1) is 16.3 Å². The second-order valence-electron chi connectivity index (χ2n) is 8.45. The summed E-state index contributed by atoms with van der Waals surface area (Å²) in [6.07, 6.45) is 4.61. The van der Waals surface area contributed by atoms with Crippen molar-refractivity contribution in [3.05, 3.63) is 107 Å². The summed E-state index contributed by atoms with van der Waals surface area (Å²) in [5.74, 6) is 0.253. The average Bonchev–Trinajstić information content (AvgIpc) is 3.46. The fourth-order valence-electron chi connectivity index (χ4n) is 3.97. The third-order valence-corrected chi connectivity index (χ3v) is 7.23. The Bertz CT molecular complexity index is 1470. The molecule has 4 aromatic rings. The van der Waals surface area contributed by atoms with Crippen LogP contribution in [-0.4, -0.2) is 31.5 Å². The van der Waals surface area contributed by atoms with Gasteiger partial charge in [-0.25, -0.2) is 9.07 Å². The van der Waals surface area contributed by atoms with E-state index >= 15 is 0 Å². The molecule has 5 rings (SSSR count). The van der Waals surface area contributed by atoms with Crippen molar-refractivity contribution in [2.75, 3.05) is 6.54 Å². The predicted molar refractivity (Wildman–Crippen MR) is 150 cm³/mol. The summed E-state index contributed by atoms with van der Waals surface area (Å²) in [4.78, 5) is 15.2. The van der Waals surface area contributed by atoms with Crippen LogP contribution in [0.15, 0.2) is 90.0 Å². The molecule has 186 valence electrons. The van der Waals surface area contributed by atoms with Crippen molar-refractivity contribution in [3.63, 3.8) is 0 Å². The Morgan fingerprint density at radius 3 is 2.49 bits per heavy atom. The molecule has 1 aromatic heterocycles. The summed E-state index contributed by atoms with van der Waals surface area (Å²) in [5, 5.41) is 4.84. The Balaban J connectivity index is 1.45. The summed E-state index contributed by atoms with van der Waals surface area (Å²) >= 11 is 6.75. The molecule has 5 nitrogen and oxygen atoms in total.